The van der Waals surface area contributed by atoms with Gasteiger partial charge in [-0.25, -0.2) is 4.39 Å². The number of rotatable bonds is 9. The Morgan fingerprint density at radius 1 is 0.917 bits per heavy atom. The number of hydrogen-bond acceptors (Lipinski definition) is 8. The van der Waals surface area contributed by atoms with E-state index in [1.807, 2.05) is 55.5 Å². The average Bonchev–Trinajstić information content (AvgIpc) is 3.65. The van der Waals surface area contributed by atoms with Crippen molar-refractivity contribution in [3.8, 4) is 5.75 Å². The second kappa shape index (κ2) is 13.7. The lowest BCUT2D eigenvalue weighted by Crippen LogP contribution is -2.29. The molecular weight excluding hydrogens is 646 g/mol. The Kier molecular flexibility index (Phi) is 9.48. The van der Waals surface area contributed by atoms with Crippen LogP contribution in [0.5, 0.6) is 5.75 Å². The van der Waals surface area contributed by atoms with E-state index in [4.69, 9.17) is 4.74 Å². The van der Waals surface area contributed by atoms with Gasteiger partial charge < -0.3 is 9.84 Å². The van der Waals surface area contributed by atoms with E-state index in [-0.39, 0.29) is 27.7 Å². The normalized spacial score (nSPS) is 16.0. The summed E-state index contributed by atoms with van der Waals surface area (Å²) in [6, 6.07) is 28.0. The lowest BCUT2D eigenvalue weighted by molar-refractivity contribution is -0.132. The van der Waals surface area contributed by atoms with Crippen LogP contribution >= 0.6 is 23.1 Å². The number of halogens is 1. The molecule has 1 aliphatic rings. The molecule has 1 fully saturated rings. The Balaban J connectivity index is 1.33. The number of carbonyl (C=O) groups excluding carboxylic acids is 2. The molecule has 48 heavy (non-hydrogen) atoms. The number of nitrogens with zero attached hydrogens (tertiary/aromatic N) is 3. The Morgan fingerprint density at radius 2 is 1.58 bits per heavy atom. The molecule has 1 saturated heterocycles. The Morgan fingerprint density at radius 3 is 2.25 bits per heavy atom. The number of amides is 1. The van der Waals surface area contributed by atoms with Crippen LogP contribution in [-0.2, 0) is 27.4 Å². The molecule has 0 aliphatic carbocycles. The van der Waals surface area contributed by atoms with Crippen molar-refractivity contribution in [3.63, 3.8) is 0 Å². The minimum Gasteiger partial charge on any atom is -0.507 e. The van der Waals surface area contributed by atoms with Crippen molar-refractivity contribution in [1.29, 1.82) is 0 Å². The number of ketones is 1. The van der Waals surface area contributed by atoms with E-state index in [0.29, 0.717) is 39.1 Å². The van der Waals surface area contributed by atoms with E-state index in [1.165, 1.54) is 22.7 Å². The quantitative estimate of drug-likeness (QED) is 0.0547. The van der Waals surface area contributed by atoms with E-state index in [9.17, 15) is 19.1 Å². The summed E-state index contributed by atoms with van der Waals surface area (Å²) in [7, 11) is 0. The predicted octanol–water partition coefficient (Wildman–Crippen LogP) is 8.78. The first-order valence-corrected chi connectivity index (χ1v) is 17.2. The van der Waals surface area contributed by atoms with Crippen molar-refractivity contribution in [2.45, 2.75) is 55.9 Å². The highest BCUT2D eigenvalue weighted by Gasteiger charge is 2.48. The predicted molar refractivity (Wildman–Crippen MR) is 188 cm³/mol. The maximum atomic E-state index is 14.2. The molecule has 0 saturated carbocycles. The van der Waals surface area contributed by atoms with Crippen LogP contribution in [0.2, 0.25) is 0 Å². The molecule has 2 heterocycles. The lowest BCUT2D eigenvalue weighted by Gasteiger charge is -2.24. The van der Waals surface area contributed by atoms with Crippen molar-refractivity contribution < 1.29 is 23.8 Å². The molecule has 1 amide bonds. The third-order valence-electron chi connectivity index (χ3n) is 8.23. The number of aromatic nitrogens is 2. The fraction of sp³-hybridized carbons (Fsp3) is 0.211. The van der Waals surface area contributed by atoms with Crippen LogP contribution < -0.4 is 9.64 Å². The van der Waals surface area contributed by atoms with Gasteiger partial charge in [-0.15, -0.1) is 10.2 Å². The summed E-state index contributed by atoms with van der Waals surface area (Å²) in [6.45, 7) is 8.71. The number of anilines is 1. The van der Waals surface area contributed by atoms with Crippen molar-refractivity contribution >= 4 is 45.7 Å². The number of ether oxygens (including phenoxy) is 1. The lowest BCUT2D eigenvalue weighted by atomic mass is 9.85. The van der Waals surface area contributed by atoms with Gasteiger partial charge in [-0.1, -0.05) is 111 Å². The van der Waals surface area contributed by atoms with Gasteiger partial charge in [0.1, 0.15) is 23.9 Å². The fourth-order valence-electron chi connectivity index (χ4n) is 5.42. The highest BCUT2D eigenvalue weighted by Crippen LogP contribution is 2.44. The molecule has 7 nitrogen and oxygen atoms in total. The van der Waals surface area contributed by atoms with Crippen molar-refractivity contribution in [1.82, 2.24) is 10.2 Å². The number of thioether (sulfide) groups is 1. The molecule has 1 atom stereocenters. The van der Waals surface area contributed by atoms with Gasteiger partial charge in [0.25, 0.3) is 5.78 Å². The smallest absolute Gasteiger partial charge is 0.301 e. The molecule has 1 aromatic heterocycles. The topological polar surface area (TPSA) is 92.6 Å². The molecular formula is C38H34FN3O4S2. The van der Waals surface area contributed by atoms with E-state index < -0.39 is 17.7 Å². The molecule has 10 heteroatoms. The Bertz CT molecular complexity index is 2000. The highest BCUT2D eigenvalue weighted by atomic mass is 32.2. The molecule has 1 N–H and O–H groups in total. The molecule has 4 aromatic carbocycles. The van der Waals surface area contributed by atoms with Crippen molar-refractivity contribution in [2.75, 3.05) is 4.90 Å². The first-order valence-electron chi connectivity index (χ1n) is 15.4. The van der Waals surface area contributed by atoms with Crippen LogP contribution in [0.1, 0.15) is 60.2 Å². The monoisotopic (exact) mass is 679 g/mol. The van der Waals surface area contributed by atoms with Crippen LogP contribution in [0.4, 0.5) is 9.52 Å². The van der Waals surface area contributed by atoms with Gasteiger partial charge in [0.05, 0.1) is 11.6 Å². The number of carbonyl (C=O) groups is 2. The van der Waals surface area contributed by atoms with Crippen LogP contribution in [0.3, 0.4) is 0 Å². The zero-order valence-electron chi connectivity index (χ0n) is 26.9. The number of aliphatic hydroxyl groups is 1. The average molecular weight is 680 g/mol. The number of hydrogen-bond donors (Lipinski definition) is 1. The summed E-state index contributed by atoms with van der Waals surface area (Å²) in [5.41, 5.74) is 4.62. The third-order valence-corrected chi connectivity index (χ3v) is 10.3. The molecule has 244 valence electrons. The van der Waals surface area contributed by atoms with Gasteiger partial charge in [0.2, 0.25) is 5.13 Å². The summed E-state index contributed by atoms with van der Waals surface area (Å²) < 4.78 is 20.7. The van der Waals surface area contributed by atoms with Gasteiger partial charge in [0.15, 0.2) is 4.34 Å². The van der Waals surface area contributed by atoms with E-state index in [2.05, 4.69) is 31.0 Å². The van der Waals surface area contributed by atoms with E-state index >= 15 is 0 Å². The first kappa shape index (κ1) is 33.1. The van der Waals surface area contributed by atoms with Crippen molar-refractivity contribution in [2.24, 2.45) is 0 Å². The summed E-state index contributed by atoms with van der Waals surface area (Å²) in [5.74, 6) is -1.34. The summed E-state index contributed by atoms with van der Waals surface area (Å²) in [4.78, 5) is 28.7. The number of benzene rings is 4. The van der Waals surface area contributed by atoms with Gasteiger partial charge in [0, 0.05) is 11.3 Å². The summed E-state index contributed by atoms with van der Waals surface area (Å²) in [6.07, 6.45) is 0. The molecule has 1 unspecified atom stereocenters. The highest BCUT2D eigenvalue weighted by molar-refractivity contribution is 8.00. The largest absolute Gasteiger partial charge is 0.507 e. The Labute approximate surface area is 287 Å². The molecule has 0 radical (unpaired) electrons. The number of aliphatic hydroxyl groups excluding tert-OH is 1. The number of aryl methyl sites for hydroxylation is 1. The maximum absolute atomic E-state index is 14.2. The SMILES string of the molecule is Cc1ccccc1COc1ccc(C(O)=C2C(=O)C(=O)N(c3nnc(SCc4ccccc4F)s3)C2c2ccc(C(C)(C)C)cc2)cc1. The Hall–Kier alpha value is -4.80. The van der Waals surface area contributed by atoms with E-state index in [0.717, 1.165) is 28.0 Å². The minimum atomic E-state index is -0.951. The van der Waals surface area contributed by atoms with Gasteiger partial charge in [-0.2, -0.15) is 0 Å². The molecule has 5 aromatic rings. The van der Waals surface area contributed by atoms with Crippen LogP contribution in [0, 0.1) is 12.7 Å². The maximum Gasteiger partial charge on any atom is 0.301 e. The van der Waals surface area contributed by atoms with Crippen molar-refractivity contribution in [3.05, 3.63) is 142 Å². The summed E-state index contributed by atoms with van der Waals surface area (Å²) >= 11 is 2.42. The third kappa shape index (κ3) is 6.90. The standard InChI is InChI=1S/C38H34FN3O4S2/c1-23-9-5-6-10-26(23)21-46-29-19-15-25(16-20-29)33(43)31-32(24-13-17-28(18-14-24)38(2,3)4)42(35(45)34(31)44)36-40-41-37(48-36)47-22-27-11-7-8-12-30(27)39/h5-20,32,43H,21-22H2,1-4H3. The van der Waals surface area contributed by atoms with Gasteiger partial charge in [-0.3, -0.25) is 14.5 Å². The molecule has 0 bridgehead atoms. The van der Waals surface area contributed by atoms with Gasteiger partial charge in [-0.05, 0) is 70.5 Å². The van der Waals surface area contributed by atoms with Crippen LogP contribution in [0.25, 0.3) is 5.76 Å². The zero-order valence-corrected chi connectivity index (χ0v) is 28.6. The molecule has 1 aliphatic heterocycles. The molecule has 6 rings (SSSR count). The first-order chi connectivity index (χ1) is 23.0. The van der Waals surface area contributed by atoms with Crippen LogP contribution in [-0.4, -0.2) is 27.0 Å². The molecule has 0 spiro atoms. The van der Waals surface area contributed by atoms with Crippen LogP contribution in [0.15, 0.2) is 107 Å². The van der Waals surface area contributed by atoms with E-state index in [1.54, 1.807) is 42.5 Å². The second-order valence-corrected chi connectivity index (χ2v) is 14.7. The van der Waals surface area contributed by atoms with Gasteiger partial charge >= 0.3 is 5.91 Å². The zero-order chi connectivity index (χ0) is 34.0. The second-order valence-electron chi connectivity index (χ2n) is 12.5. The minimum absolute atomic E-state index is 0.0483. The summed E-state index contributed by atoms with van der Waals surface area (Å²) in [5, 5.41) is 20.3. The number of Topliss-reactive ketones (excluding diaryl/α,β-unsaturated/α-hetero) is 1. The fourth-order valence-corrected chi connectivity index (χ4v) is 7.28.